The Hall–Kier alpha value is -1.56. The van der Waals surface area contributed by atoms with Gasteiger partial charge in [0.05, 0.1) is 0 Å². The number of amides is 1. The summed E-state index contributed by atoms with van der Waals surface area (Å²) in [4.78, 5) is 24.2. The summed E-state index contributed by atoms with van der Waals surface area (Å²) in [7, 11) is 0. The fourth-order valence-electron chi connectivity index (χ4n) is 1.97. The summed E-state index contributed by atoms with van der Waals surface area (Å²) in [5.41, 5.74) is 0.293. The number of ether oxygens (including phenoxy) is 2. The van der Waals surface area contributed by atoms with E-state index in [4.69, 9.17) is 9.47 Å². The van der Waals surface area contributed by atoms with Gasteiger partial charge in [-0.1, -0.05) is 46.3 Å². The van der Waals surface area contributed by atoms with Crippen molar-refractivity contribution in [2.45, 2.75) is 58.3 Å². The van der Waals surface area contributed by atoms with Crippen molar-refractivity contribution in [2.24, 2.45) is 0 Å². The molecule has 24 heavy (non-hydrogen) atoms. The second kappa shape index (κ2) is 10.3. The molecule has 134 valence electrons. The maximum atomic E-state index is 12.3. The molecule has 1 unspecified atom stereocenters. The van der Waals surface area contributed by atoms with Crippen LogP contribution in [0, 0.1) is 0 Å². The molecule has 5 nitrogen and oxygen atoms in total. The van der Waals surface area contributed by atoms with Gasteiger partial charge in [0, 0.05) is 5.33 Å². The molecule has 0 saturated heterocycles. The lowest BCUT2D eigenvalue weighted by Crippen LogP contribution is -2.44. The SMILES string of the molecule is CC(C)(C)OC(=O)C(CCCCBr)NC(=O)OCc1ccccc1. The fourth-order valence-corrected chi connectivity index (χ4v) is 2.37. The predicted octanol–water partition coefficient (Wildman–Crippen LogP) is 4.19. The Kier molecular flexibility index (Phi) is 8.82. The highest BCUT2D eigenvalue weighted by Gasteiger charge is 2.26. The third-order valence-electron chi connectivity index (χ3n) is 3.07. The molecule has 0 aliphatic carbocycles. The zero-order valence-electron chi connectivity index (χ0n) is 14.5. The molecule has 1 aromatic carbocycles. The topological polar surface area (TPSA) is 64.6 Å². The van der Waals surface area contributed by atoms with E-state index in [2.05, 4.69) is 21.2 Å². The predicted molar refractivity (Wildman–Crippen MR) is 97.0 cm³/mol. The Morgan fingerprint density at radius 1 is 1.17 bits per heavy atom. The van der Waals surface area contributed by atoms with Crippen LogP contribution in [0.5, 0.6) is 0 Å². The highest BCUT2D eigenvalue weighted by molar-refractivity contribution is 9.09. The standard InChI is InChI=1S/C18H26BrNO4/c1-18(2,3)24-16(21)15(11-7-8-12-19)20-17(22)23-13-14-9-5-4-6-10-14/h4-6,9-10,15H,7-8,11-13H2,1-3H3,(H,20,22). The Labute approximate surface area is 152 Å². The number of alkyl halides is 1. The van der Waals surface area contributed by atoms with E-state index in [1.807, 2.05) is 30.3 Å². The zero-order chi connectivity index (χ0) is 18.0. The van der Waals surface area contributed by atoms with Crippen molar-refractivity contribution in [3.63, 3.8) is 0 Å². The zero-order valence-corrected chi connectivity index (χ0v) is 16.1. The molecule has 0 fully saturated rings. The summed E-state index contributed by atoms with van der Waals surface area (Å²) >= 11 is 3.36. The summed E-state index contributed by atoms with van der Waals surface area (Å²) in [5, 5.41) is 3.47. The van der Waals surface area contributed by atoms with Crippen LogP contribution >= 0.6 is 15.9 Å². The van der Waals surface area contributed by atoms with Crippen LogP contribution in [0.2, 0.25) is 0 Å². The molecule has 1 aromatic rings. The molecular formula is C18H26BrNO4. The van der Waals surface area contributed by atoms with E-state index in [-0.39, 0.29) is 6.61 Å². The van der Waals surface area contributed by atoms with Gasteiger partial charge in [-0.3, -0.25) is 0 Å². The van der Waals surface area contributed by atoms with Gasteiger partial charge >= 0.3 is 12.1 Å². The van der Waals surface area contributed by atoms with Crippen LogP contribution in [-0.4, -0.2) is 29.0 Å². The van der Waals surface area contributed by atoms with Crippen LogP contribution in [0.4, 0.5) is 4.79 Å². The lowest BCUT2D eigenvalue weighted by molar-refractivity contribution is -0.157. The third kappa shape index (κ3) is 8.91. The molecule has 1 atom stereocenters. The van der Waals surface area contributed by atoms with Crippen molar-refractivity contribution in [1.29, 1.82) is 0 Å². The monoisotopic (exact) mass is 399 g/mol. The van der Waals surface area contributed by atoms with Gasteiger partial charge in [-0.25, -0.2) is 9.59 Å². The van der Waals surface area contributed by atoms with Gasteiger partial charge in [0.1, 0.15) is 18.2 Å². The lowest BCUT2D eigenvalue weighted by Gasteiger charge is -2.24. The van der Waals surface area contributed by atoms with Crippen LogP contribution in [0.25, 0.3) is 0 Å². The molecule has 0 spiro atoms. The number of hydrogen-bond donors (Lipinski definition) is 1. The highest BCUT2D eigenvalue weighted by Crippen LogP contribution is 2.12. The highest BCUT2D eigenvalue weighted by atomic mass is 79.9. The molecule has 0 aliphatic rings. The van der Waals surface area contributed by atoms with Crippen LogP contribution in [-0.2, 0) is 20.9 Å². The molecular weight excluding hydrogens is 374 g/mol. The minimum absolute atomic E-state index is 0.162. The molecule has 1 N–H and O–H groups in total. The van der Waals surface area contributed by atoms with Crippen molar-refractivity contribution in [2.75, 3.05) is 5.33 Å². The maximum Gasteiger partial charge on any atom is 0.408 e. The number of unbranched alkanes of at least 4 members (excludes halogenated alkanes) is 1. The van der Waals surface area contributed by atoms with Crippen LogP contribution < -0.4 is 5.32 Å². The number of benzene rings is 1. The van der Waals surface area contributed by atoms with E-state index in [1.165, 1.54) is 0 Å². The minimum Gasteiger partial charge on any atom is -0.458 e. The Bertz CT molecular complexity index is 514. The first kappa shape index (κ1) is 20.5. The van der Waals surface area contributed by atoms with Crippen molar-refractivity contribution in [3.05, 3.63) is 35.9 Å². The van der Waals surface area contributed by atoms with Crippen molar-refractivity contribution >= 4 is 28.0 Å². The Morgan fingerprint density at radius 3 is 2.42 bits per heavy atom. The second-order valence-electron chi connectivity index (χ2n) is 6.48. The van der Waals surface area contributed by atoms with Gasteiger partial charge in [-0.05, 0) is 45.6 Å². The average molecular weight is 400 g/mol. The van der Waals surface area contributed by atoms with E-state index < -0.39 is 23.7 Å². The molecule has 0 heterocycles. The van der Waals surface area contributed by atoms with Gasteiger partial charge in [-0.15, -0.1) is 0 Å². The van der Waals surface area contributed by atoms with E-state index in [0.29, 0.717) is 6.42 Å². The molecule has 1 amide bonds. The van der Waals surface area contributed by atoms with E-state index in [1.54, 1.807) is 20.8 Å². The number of carbonyl (C=O) groups is 2. The first-order chi connectivity index (χ1) is 11.3. The van der Waals surface area contributed by atoms with E-state index in [0.717, 1.165) is 23.7 Å². The average Bonchev–Trinajstić information content (AvgIpc) is 2.51. The molecule has 6 heteroatoms. The molecule has 0 saturated carbocycles. The van der Waals surface area contributed by atoms with E-state index in [9.17, 15) is 9.59 Å². The number of halogens is 1. The first-order valence-corrected chi connectivity index (χ1v) is 9.20. The molecule has 0 bridgehead atoms. The Morgan fingerprint density at radius 2 is 1.83 bits per heavy atom. The van der Waals surface area contributed by atoms with E-state index >= 15 is 0 Å². The molecule has 0 aliphatic heterocycles. The number of nitrogens with one attached hydrogen (secondary N) is 1. The number of hydrogen-bond acceptors (Lipinski definition) is 4. The number of alkyl carbamates (subject to hydrolysis) is 1. The largest absolute Gasteiger partial charge is 0.458 e. The van der Waals surface area contributed by atoms with Crippen LogP contribution in [0.15, 0.2) is 30.3 Å². The number of rotatable bonds is 8. The minimum atomic E-state index is -0.702. The maximum absolute atomic E-state index is 12.3. The van der Waals surface area contributed by atoms with Crippen molar-refractivity contribution in [1.82, 2.24) is 5.32 Å². The summed E-state index contributed by atoms with van der Waals surface area (Å²) in [6, 6.07) is 8.68. The van der Waals surface area contributed by atoms with Gasteiger partial charge in [-0.2, -0.15) is 0 Å². The normalized spacial score (nSPS) is 12.3. The number of carbonyl (C=O) groups excluding carboxylic acids is 2. The molecule has 0 radical (unpaired) electrons. The summed E-state index contributed by atoms with van der Waals surface area (Å²) in [6.07, 6.45) is 1.61. The summed E-state index contributed by atoms with van der Waals surface area (Å²) in [6.45, 7) is 5.56. The van der Waals surface area contributed by atoms with Gasteiger partial charge < -0.3 is 14.8 Å². The smallest absolute Gasteiger partial charge is 0.408 e. The van der Waals surface area contributed by atoms with Crippen molar-refractivity contribution in [3.8, 4) is 0 Å². The first-order valence-electron chi connectivity index (χ1n) is 8.08. The second-order valence-corrected chi connectivity index (χ2v) is 7.27. The van der Waals surface area contributed by atoms with Crippen LogP contribution in [0.3, 0.4) is 0 Å². The lowest BCUT2D eigenvalue weighted by atomic mass is 10.1. The third-order valence-corrected chi connectivity index (χ3v) is 3.63. The molecule has 0 aromatic heterocycles. The van der Waals surface area contributed by atoms with Gasteiger partial charge in [0.25, 0.3) is 0 Å². The summed E-state index contributed by atoms with van der Waals surface area (Å²) < 4.78 is 10.6. The molecule has 1 rings (SSSR count). The van der Waals surface area contributed by atoms with Gasteiger partial charge in [0.2, 0.25) is 0 Å². The number of esters is 1. The Balaban J connectivity index is 2.55. The van der Waals surface area contributed by atoms with Gasteiger partial charge in [0.15, 0.2) is 0 Å². The quantitative estimate of drug-likeness (QED) is 0.404. The fraction of sp³-hybridized carbons (Fsp3) is 0.556. The summed E-state index contributed by atoms with van der Waals surface area (Å²) in [5.74, 6) is -0.436. The van der Waals surface area contributed by atoms with Crippen molar-refractivity contribution < 1.29 is 19.1 Å². The van der Waals surface area contributed by atoms with Crippen LogP contribution in [0.1, 0.15) is 45.6 Å².